The van der Waals surface area contributed by atoms with Gasteiger partial charge < -0.3 is 9.72 Å². The smallest absolute Gasteiger partial charge is 0.358 e. The third-order valence-corrected chi connectivity index (χ3v) is 4.14. The molecule has 5 nitrogen and oxygen atoms in total. The largest absolute Gasteiger partial charge is 0.452 e. The van der Waals surface area contributed by atoms with Crippen molar-refractivity contribution >= 4 is 23.1 Å². The highest BCUT2D eigenvalue weighted by Gasteiger charge is 2.15. The van der Waals surface area contributed by atoms with Crippen molar-refractivity contribution in [3.8, 4) is 10.6 Å². The van der Waals surface area contributed by atoms with Crippen molar-refractivity contribution < 1.29 is 14.3 Å². The van der Waals surface area contributed by atoms with Crippen LogP contribution in [0.1, 0.15) is 26.5 Å². The molecule has 6 heteroatoms. The Morgan fingerprint density at radius 3 is 2.70 bits per heavy atom. The van der Waals surface area contributed by atoms with Gasteiger partial charge >= 0.3 is 5.97 Å². The van der Waals surface area contributed by atoms with E-state index in [2.05, 4.69) is 9.97 Å². The lowest BCUT2D eigenvalue weighted by molar-refractivity contribution is 0.0468. The van der Waals surface area contributed by atoms with Gasteiger partial charge in [-0.05, 0) is 19.1 Å². The number of Topliss-reactive ketones (excluding diaryl/α,β-unsaturated/α-hetero) is 1. The first-order valence-electron chi connectivity index (χ1n) is 7.00. The summed E-state index contributed by atoms with van der Waals surface area (Å²) in [7, 11) is 0. The van der Waals surface area contributed by atoms with E-state index in [1.54, 1.807) is 23.7 Å². The summed E-state index contributed by atoms with van der Waals surface area (Å²) in [6.45, 7) is 1.70. The zero-order valence-corrected chi connectivity index (χ0v) is 13.2. The summed E-state index contributed by atoms with van der Waals surface area (Å²) in [6.07, 6.45) is 1.64. The first kappa shape index (κ1) is 15.2. The third-order valence-electron chi connectivity index (χ3n) is 3.24. The molecule has 0 spiro atoms. The Morgan fingerprint density at radius 1 is 1.22 bits per heavy atom. The molecule has 2 aromatic heterocycles. The van der Waals surface area contributed by atoms with Gasteiger partial charge in [0.05, 0.1) is 5.69 Å². The second kappa shape index (κ2) is 6.58. The molecule has 0 saturated carbocycles. The molecule has 0 bridgehead atoms. The van der Waals surface area contributed by atoms with E-state index >= 15 is 0 Å². The average Bonchev–Trinajstić information content (AvgIpc) is 3.24. The quantitative estimate of drug-likeness (QED) is 0.575. The van der Waals surface area contributed by atoms with Gasteiger partial charge in [0.15, 0.2) is 12.3 Å². The molecule has 0 aliphatic heterocycles. The molecular weight excluding hydrogens is 312 g/mol. The monoisotopic (exact) mass is 326 g/mol. The zero-order valence-electron chi connectivity index (χ0n) is 12.4. The van der Waals surface area contributed by atoms with Crippen LogP contribution in [0.15, 0.2) is 48.0 Å². The molecule has 1 N–H and O–H groups in total. The third kappa shape index (κ3) is 3.54. The number of nitrogens with zero attached hydrogens (tertiary/aromatic N) is 1. The van der Waals surface area contributed by atoms with Crippen LogP contribution in [0, 0.1) is 6.92 Å². The Labute approximate surface area is 137 Å². The van der Waals surface area contributed by atoms with Crippen molar-refractivity contribution in [1.82, 2.24) is 9.97 Å². The standard InChI is InChI=1S/C17H14N2O3S/c1-11-4-6-12(7-5-11)16-19-14(10-23-16)17(21)22-9-15(20)13-3-2-8-18-13/h2-8,10,18H,9H2,1H3. The zero-order chi connectivity index (χ0) is 16.2. The van der Waals surface area contributed by atoms with Gasteiger partial charge in [-0.15, -0.1) is 11.3 Å². The molecule has 0 saturated heterocycles. The first-order chi connectivity index (χ1) is 11.1. The first-order valence-corrected chi connectivity index (χ1v) is 7.88. The van der Waals surface area contributed by atoms with Crippen LogP contribution in [0.2, 0.25) is 0 Å². The fraction of sp³-hybridized carbons (Fsp3) is 0.118. The van der Waals surface area contributed by atoms with E-state index in [1.807, 2.05) is 31.2 Å². The van der Waals surface area contributed by atoms with Crippen LogP contribution in [0.25, 0.3) is 10.6 Å². The second-order valence-corrected chi connectivity index (χ2v) is 5.85. The van der Waals surface area contributed by atoms with Crippen molar-refractivity contribution in [3.63, 3.8) is 0 Å². The fourth-order valence-corrected chi connectivity index (χ4v) is 2.78. The van der Waals surface area contributed by atoms with Crippen molar-refractivity contribution in [2.45, 2.75) is 6.92 Å². The van der Waals surface area contributed by atoms with E-state index < -0.39 is 5.97 Å². The Hall–Kier alpha value is -2.73. The number of carbonyl (C=O) groups excluding carboxylic acids is 2. The van der Waals surface area contributed by atoms with Crippen LogP contribution in [0.5, 0.6) is 0 Å². The molecule has 0 radical (unpaired) electrons. The van der Waals surface area contributed by atoms with Gasteiger partial charge in [-0.3, -0.25) is 4.79 Å². The van der Waals surface area contributed by atoms with Crippen LogP contribution in [-0.4, -0.2) is 28.3 Å². The second-order valence-electron chi connectivity index (χ2n) is 4.99. The number of hydrogen-bond donors (Lipinski definition) is 1. The van der Waals surface area contributed by atoms with Gasteiger partial charge in [0, 0.05) is 17.1 Å². The van der Waals surface area contributed by atoms with Crippen molar-refractivity contribution in [2.75, 3.05) is 6.61 Å². The number of ether oxygens (including phenoxy) is 1. The van der Waals surface area contributed by atoms with Crippen molar-refractivity contribution in [3.05, 3.63) is 64.9 Å². The normalized spacial score (nSPS) is 10.5. The number of carbonyl (C=O) groups is 2. The highest BCUT2D eigenvalue weighted by Crippen LogP contribution is 2.24. The molecule has 1 aromatic carbocycles. The summed E-state index contributed by atoms with van der Waals surface area (Å²) in [5.41, 5.74) is 2.73. The number of H-pyrrole nitrogens is 1. The van der Waals surface area contributed by atoms with E-state index in [4.69, 9.17) is 4.74 Å². The van der Waals surface area contributed by atoms with E-state index in [-0.39, 0.29) is 18.1 Å². The van der Waals surface area contributed by atoms with E-state index in [0.29, 0.717) is 5.69 Å². The summed E-state index contributed by atoms with van der Waals surface area (Å²) in [5.74, 6) is -0.878. The lowest BCUT2D eigenvalue weighted by Crippen LogP contribution is -2.14. The number of benzene rings is 1. The number of esters is 1. The highest BCUT2D eigenvalue weighted by atomic mass is 32.1. The van der Waals surface area contributed by atoms with Gasteiger partial charge in [-0.25, -0.2) is 9.78 Å². The summed E-state index contributed by atoms with van der Waals surface area (Å²) < 4.78 is 5.02. The molecule has 0 aliphatic rings. The Bertz CT molecular complexity index is 820. The summed E-state index contributed by atoms with van der Waals surface area (Å²) in [5, 5.41) is 2.38. The molecular formula is C17H14N2O3S. The number of ketones is 1. The van der Waals surface area contributed by atoms with Gasteiger partial charge in [0.2, 0.25) is 5.78 Å². The highest BCUT2D eigenvalue weighted by molar-refractivity contribution is 7.13. The minimum atomic E-state index is -0.598. The maximum Gasteiger partial charge on any atom is 0.358 e. The number of aryl methyl sites for hydroxylation is 1. The predicted octanol–water partition coefficient (Wildman–Crippen LogP) is 3.49. The summed E-state index contributed by atoms with van der Waals surface area (Å²) >= 11 is 1.37. The molecule has 116 valence electrons. The van der Waals surface area contributed by atoms with Crippen molar-refractivity contribution in [1.29, 1.82) is 0 Å². The molecule has 3 aromatic rings. The van der Waals surface area contributed by atoms with E-state index in [1.165, 1.54) is 11.3 Å². The summed E-state index contributed by atoms with van der Waals surface area (Å²) in [6, 6.07) is 11.2. The van der Waals surface area contributed by atoms with Crippen LogP contribution in [0.4, 0.5) is 0 Å². The minimum Gasteiger partial charge on any atom is -0.452 e. The topological polar surface area (TPSA) is 72.0 Å². The fourth-order valence-electron chi connectivity index (χ4n) is 1.98. The molecule has 0 unspecified atom stereocenters. The number of rotatable bonds is 5. The number of aromatic amines is 1. The Kier molecular flexibility index (Phi) is 4.34. The van der Waals surface area contributed by atoms with E-state index in [0.717, 1.165) is 16.1 Å². The molecule has 0 atom stereocenters. The maximum absolute atomic E-state index is 12.0. The minimum absolute atomic E-state index is 0.213. The van der Waals surface area contributed by atoms with Crippen LogP contribution < -0.4 is 0 Å². The van der Waals surface area contributed by atoms with Crippen LogP contribution >= 0.6 is 11.3 Å². The molecule has 3 rings (SSSR count). The lowest BCUT2D eigenvalue weighted by atomic mass is 10.2. The SMILES string of the molecule is Cc1ccc(-c2nc(C(=O)OCC(=O)c3ccc[nH]3)cs2)cc1. The molecule has 0 amide bonds. The molecule has 2 heterocycles. The average molecular weight is 326 g/mol. The summed E-state index contributed by atoms with van der Waals surface area (Å²) in [4.78, 5) is 30.8. The van der Waals surface area contributed by atoms with Crippen molar-refractivity contribution in [2.24, 2.45) is 0 Å². The van der Waals surface area contributed by atoms with Crippen LogP contribution in [0.3, 0.4) is 0 Å². The molecule has 0 fully saturated rings. The van der Waals surface area contributed by atoms with Gasteiger partial charge in [0.1, 0.15) is 5.01 Å². The number of nitrogens with one attached hydrogen (secondary N) is 1. The predicted molar refractivity (Wildman–Crippen MR) is 87.7 cm³/mol. The van der Waals surface area contributed by atoms with Gasteiger partial charge in [-0.2, -0.15) is 0 Å². The number of thiazole rings is 1. The number of aromatic nitrogens is 2. The van der Waals surface area contributed by atoms with Gasteiger partial charge in [-0.1, -0.05) is 29.8 Å². The molecule has 23 heavy (non-hydrogen) atoms. The van der Waals surface area contributed by atoms with E-state index in [9.17, 15) is 9.59 Å². The molecule has 0 aliphatic carbocycles. The van der Waals surface area contributed by atoms with Gasteiger partial charge in [0.25, 0.3) is 0 Å². The Balaban J connectivity index is 1.64. The Morgan fingerprint density at radius 2 is 2.00 bits per heavy atom. The maximum atomic E-state index is 12.0. The lowest BCUT2D eigenvalue weighted by Gasteiger charge is -2.01. The number of hydrogen-bond acceptors (Lipinski definition) is 5. The van der Waals surface area contributed by atoms with Crippen LogP contribution in [-0.2, 0) is 4.74 Å².